The van der Waals surface area contributed by atoms with Crippen LogP contribution in [-0.4, -0.2) is 50.2 Å². The number of halogens is 1. The van der Waals surface area contributed by atoms with Crippen molar-refractivity contribution in [3.63, 3.8) is 0 Å². The zero-order chi connectivity index (χ0) is 32.1. The Hall–Kier alpha value is -3.14. The van der Waals surface area contributed by atoms with Crippen molar-refractivity contribution in [2.24, 2.45) is 17.0 Å². The minimum Gasteiger partial charge on any atom is -0.490 e. The van der Waals surface area contributed by atoms with Crippen molar-refractivity contribution >= 4 is 39.1 Å². The number of nitrogens with zero attached hydrogens (tertiary/aromatic N) is 1. The molecule has 44 heavy (non-hydrogen) atoms. The van der Waals surface area contributed by atoms with E-state index in [-0.39, 0.29) is 28.6 Å². The van der Waals surface area contributed by atoms with Gasteiger partial charge in [-0.1, -0.05) is 37.2 Å². The summed E-state index contributed by atoms with van der Waals surface area (Å²) in [6.07, 6.45) is 9.88. The van der Waals surface area contributed by atoms with Crippen molar-refractivity contribution in [1.29, 1.82) is 0 Å². The number of carboxylic acid groups (broad SMARTS) is 1. The Labute approximate surface area is 266 Å². The number of ketones is 1. The molecule has 1 spiro atoms. The monoisotopic (exact) mass is 642 g/mol. The fourth-order valence-corrected chi connectivity index (χ4v) is 7.87. The Morgan fingerprint density at radius 2 is 2.00 bits per heavy atom. The van der Waals surface area contributed by atoms with Gasteiger partial charge in [-0.25, -0.2) is 18.4 Å². The van der Waals surface area contributed by atoms with Gasteiger partial charge in [0.2, 0.25) is 10.0 Å². The van der Waals surface area contributed by atoms with Crippen LogP contribution in [0.3, 0.4) is 0 Å². The molecule has 238 valence electrons. The van der Waals surface area contributed by atoms with Gasteiger partial charge in [-0.2, -0.15) is 0 Å². The molecule has 10 heteroatoms. The molecule has 1 fully saturated rings. The topological polar surface area (TPSA) is 127 Å². The summed E-state index contributed by atoms with van der Waals surface area (Å²) in [7, 11) is -3.33. The highest BCUT2D eigenvalue weighted by atomic mass is 35.5. The van der Waals surface area contributed by atoms with Crippen LogP contribution >= 0.6 is 11.6 Å². The van der Waals surface area contributed by atoms with Crippen LogP contribution in [0.1, 0.15) is 73.4 Å². The molecule has 0 bridgehead atoms. The van der Waals surface area contributed by atoms with E-state index in [1.54, 1.807) is 24.3 Å². The van der Waals surface area contributed by atoms with Gasteiger partial charge in [0.25, 0.3) is 0 Å². The lowest BCUT2D eigenvalue weighted by molar-refractivity contribution is -0.122. The van der Waals surface area contributed by atoms with E-state index >= 15 is 0 Å². The van der Waals surface area contributed by atoms with Gasteiger partial charge in [0.1, 0.15) is 5.75 Å². The molecule has 1 aliphatic heterocycles. The molecule has 0 amide bonds. The van der Waals surface area contributed by atoms with E-state index in [9.17, 15) is 23.1 Å². The van der Waals surface area contributed by atoms with Gasteiger partial charge in [0.15, 0.2) is 5.78 Å². The first-order valence-electron chi connectivity index (χ1n) is 15.2. The number of sulfonamides is 1. The number of hydrogen-bond acceptors (Lipinski definition) is 6. The molecular weight excluding hydrogens is 600 g/mol. The van der Waals surface area contributed by atoms with Crippen LogP contribution in [0.2, 0.25) is 5.02 Å². The smallest absolute Gasteiger partial charge is 0.335 e. The predicted octanol–water partition coefficient (Wildman–Crippen LogP) is 6.31. The summed E-state index contributed by atoms with van der Waals surface area (Å²) in [5.74, 6) is 0.0530. The quantitative estimate of drug-likeness (QED) is 0.230. The summed E-state index contributed by atoms with van der Waals surface area (Å²) in [6, 6.07) is 11.2. The number of nitrogens with two attached hydrogens (primary N) is 1. The first-order valence-corrected chi connectivity index (χ1v) is 17.2. The van der Waals surface area contributed by atoms with E-state index in [0.717, 1.165) is 42.8 Å². The third kappa shape index (κ3) is 7.56. The van der Waals surface area contributed by atoms with Crippen molar-refractivity contribution in [3.05, 3.63) is 83.4 Å². The third-order valence-corrected chi connectivity index (χ3v) is 11.1. The highest BCUT2D eigenvalue weighted by Crippen LogP contribution is 2.46. The van der Waals surface area contributed by atoms with Crippen molar-refractivity contribution in [2.45, 2.75) is 69.0 Å². The Morgan fingerprint density at radius 1 is 1.23 bits per heavy atom. The summed E-state index contributed by atoms with van der Waals surface area (Å²) >= 11 is 6.30. The van der Waals surface area contributed by atoms with Crippen LogP contribution in [0.5, 0.6) is 5.75 Å². The molecule has 1 saturated carbocycles. The molecule has 4 atom stereocenters. The molecule has 2 aliphatic carbocycles. The van der Waals surface area contributed by atoms with Crippen molar-refractivity contribution < 1.29 is 27.9 Å². The Kier molecular flexibility index (Phi) is 11.0. The summed E-state index contributed by atoms with van der Waals surface area (Å²) in [5, 5.41) is 14.9. The number of carboxylic acids is 1. The SMILES string of the molecule is C=CC(=O)[C@@H]1CC[C@H]1CN1C[C@@]2(CCCc3cc(Cl)ccc32)COc2ccc(C(=O)O)cc21.C=CCC[C@@H](CC)S(N)(=O)=O. The summed E-state index contributed by atoms with van der Waals surface area (Å²) in [5.41, 5.74) is 3.34. The number of ether oxygens (including phenoxy) is 1. The number of rotatable bonds is 10. The molecule has 0 aromatic heterocycles. The van der Waals surface area contributed by atoms with E-state index in [0.29, 0.717) is 44.7 Å². The van der Waals surface area contributed by atoms with Crippen LogP contribution in [0.4, 0.5) is 5.69 Å². The summed E-state index contributed by atoms with van der Waals surface area (Å²) in [4.78, 5) is 26.3. The fraction of sp³-hybridized carbons (Fsp3) is 0.471. The molecule has 2 aromatic carbocycles. The lowest BCUT2D eigenvalue weighted by Crippen LogP contribution is -2.49. The molecule has 3 N–H and O–H groups in total. The zero-order valence-electron chi connectivity index (χ0n) is 25.3. The number of carbonyl (C=O) groups excluding carboxylic acids is 1. The molecule has 3 aliphatic rings. The minimum absolute atomic E-state index is 0.00817. The summed E-state index contributed by atoms with van der Waals surface area (Å²) < 4.78 is 28.0. The van der Waals surface area contributed by atoms with Gasteiger partial charge in [0, 0.05) is 29.4 Å². The number of primary sulfonamides is 1. The second-order valence-corrected chi connectivity index (χ2v) is 14.4. The van der Waals surface area contributed by atoms with Crippen LogP contribution in [0.25, 0.3) is 0 Å². The maximum absolute atomic E-state index is 12.3. The third-order valence-electron chi connectivity index (χ3n) is 9.34. The average Bonchev–Trinajstić information content (AvgIpc) is 3.12. The van der Waals surface area contributed by atoms with Gasteiger partial charge < -0.3 is 14.7 Å². The van der Waals surface area contributed by atoms with E-state index in [1.165, 1.54) is 17.2 Å². The molecule has 0 radical (unpaired) electrons. The normalized spacial score (nSPS) is 22.9. The number of carbonyl (C=O) groups is 2. The van der Waals surface area contributed by atoms with E-state index in [4.69, 9.17) is 21.5 Å². The Morgan fingerprint density at radius 3 is 2.61 bits per heavy atom. The molecule has 0 unspecified atom stereocenters. The van der Waals surface area contributed by atoms with Gasteiger partial charge >= 0.3 is 5.97 Å². The zero-order valence-corrected chi connectivity index (χ0v) is 26.9. The Bertz CT molecular complexity index is 1510. The van der Waals surface area contributed by atoms with E-state index in [1.807, 2.05) is 13.0 Å². The highest BCUT2D eigenvalue weighted by Gasteiger charge is 2.44. The average molecular weight is 643 g/mol. The lowest BCUT2D eigenvalue weighted by atomic mass is 9.69. The van der Waals surface area contributed by atoms with Crippen molar-refractivity contribution in [3.8, 4) is 5.75 Å². The van der Waals surface area contributed by atoms with Gasteiger partial charge in [0.05, 0.1) is 23.1 Å². The number of anilines is 1. The number of benzene rings is 2. The Balaban J connectivity index is 0.000000345. The largest absolute Gasteiger partial charge is 0.490 e. The molecular formula is C34H43ClN2O6S. The van der Waals surface area contributed by atoms with Crippen molar-refractivity contribution in [1.82, 2.24) is 0 Å². The number of hydrogen-bond donors (Lipinski definition) is 2. The predicted molar refractivity (Wildman–Crippen MR) is 175 cm³/mol. The van der Waals surface area contributed by atoms with Gasteiger partial charge in [-0.3, -0.25) is 4.79 Å². The van der Waals surface area contributed by atoms with Crippen LogP contribution in [-0.2, 0) is 26.7 Å². The maximum atomic E-state index is 12.3. The molecule has 1 heterocycles. The van der Waals surface area contributed by atoms with E-state index in [2.05, 4.69) is 30.2 Å². The lowest BCUT2D eigenvalue weighted by Gasteiger charge is -2.44. The highest BCUT2D eigenvalue weighted by molar-refractivity contribution is 7.89. The van der Waals surface area contributed by atoms with Gasteiger partial charge in [-0.05, 0) is 105 Å². The van der Waals surface area contributed by atoms with Crippen LogP contribution < -0.4 is 14.8 Å². The molecule has 8 nitrogen and oxygen atoms in total. The molecule has 0 saturated heterocycles. The van der Waals surface area contributed by atoms with Gasteiger partial charge in [-0.15, -0.1) is 6.58 Å². The second-order valence-electron chi connectivity index (χ2n) is 12.1. The second kappa shape index (κ2) is 14.3. The minimum atomic E-state index is -3.33. The molecule has 5 rings (SSSR count). The first kappa shape index (κ1) is 33.7. The molecule has 2 aromatic rings. The van der Waals surface area contributed by atoms with Crippen LogP contribution in [0, 0.1) is 11.8 Å². The number of aryl methyl sites for hydroxylation is 1. The number of allylic oxidation sites excluding steroid dienone is 2. The maximum Gasteiger partial charge on any atom is 0.335 e. The fourth-order valence-electron chi connectivity index (χ4n) is 6.75. The number of fused-ring (bicyclic) bond motifs is 3. The first-order chi connectivity index (χ1) is 20.9. The van der Waals surface area contributed by atoms with Crippen LogP contribution in [0.15, 0.2) is 61.7 Å². The van der Waals surface area contributed by atoms with Crippen molar-refractivity contribution in [2.75, 3.05) is 24.6 Å². The standard InChI is InChI=1S/C27H28ClNO4.C7H15NO2S/c1-2-24(30)21-8-5-19(21)14-29-15-27(11-3-4-17-12-20(28)7-9-22(17)27)16-33-25-10-6-18(26(31)32)13-23(25)29;1-3-5-6-7(4-2)11(8,9)10/h2,6-7,9-10,12-13,19,21H,1,3-5,8,11,14-16H2,(H,31,32);3,7H,1,4-6H2,2H3,(H2,8,9,10)/t19-,21+,27-;7-/m01/s1. The number of aromatic carboxylic acids is 1. The van der Waals surface area contributed by atoms with E-state index < -0.39 is 21.2 Å². The summed E-state index contributed by atoms with van der Waals surface area (Å²) in [6.45, 7) is 10.9.